The normalized spacial score (nSPS) is 17.2. The van der Waals surface area contributed by atoms with Crippen molar-refractivity contribution >= 4 is 22.5 Å². The molecule has 2 aromatic rings. The molecule has 4 rings (SSSR count). The van der Waals surface area contributed by atoms with Crippen LogP contribution in [0.3, 0.4) is 0 Å². The summed E-state index contributed by atoms with van der Waals surface area (Å²) in [5.74, 6) is 0.124. The standard InChI is InChI=1S/C22H30N2O/c1-22(2,3)14-20(25)23-16-12-15-10-11-24-19-9-7-5-4-6-8-17(19)18(13-16)21(15)24/h12-13H,4-11,14H2,1-3H3,(H,23,25). The Labute approximate surface area is 150 Å². The first-order valence-electron chi connectivity index (χ1n) is 9.89. The van der Waals surface area contributed by atoms with Gasteiger partial charge in [-0.15, -0.1) is 0 Å². The van der Waals surface area contributed by atoms with Gasteiger partial charge in [0, 0.05) is 29.7 Å². The predicted molar refractivity (Wildman–Crippen MR) is 104 cm³/mol. The Balaban J connectivity index is 1.73. The minimum absolute atomic E-state index is 0.0175. The minimum atomic E-state index is 0.0175. The van der Waals surface area contributed by atoms with E-state index in [2.05, 4.69) is 42.8 Å². The first-order valence-corrected chi connectivity index (χ1v) is 9.89. The van der Waals surface area contributed by atoms with Gasteiger partial charge in [-0.25, -0.2) is 0 Å². The third-order valence-corrected chi connectivity index (χ3v) is 5.63. The molecule has 0 bridgehead atoms. The van der Waals surface area contributed by atoms with E-state index in [-0.39, 0.29) is 11.3 Å². The summed E-state index contributed by atoms with van der Waals surface area (Å²) in [4.78, 5) is 12.4. The molecule has 3 heteroatoms. The van der Waals surface area contributed by atoms with E-state index in [4.69, 9.17) is 0 Å². The molecule has 1 aliphatic heterocycles. The second kappa shape index (κ2) is 6.19. The lowest BCUT2D eigenvalue weighted by Gasteiger charge is -2.17. The number of amides is 1. The van der Waals surface area contributed by atoms with Crippen LogP contribution in [0.1, 0.15) is 69.7 Å². The molecular formula is C22H30N2O. The molecule has 0 spiro atoms. The molecule has 2 aliphatic rings. The van der Waals surface area contributed by atoms with Crippen molar-refractivity contribution in [2.75, 3.05) is 5.32 Å². The molecule has 25 heavy (non-hydrogen) atoms. The molecular weight excluding hydrogens is 308 g/mol. The van der Waals surface area contributed by atoms with Gasteiger partial charge in [-0.3, -0.25) is 4.79 Å². The van der Waals surface area contributed by atoms with Gasteiger partial charge in [0.2, 0.25) is 5.91 Å². The number of fused-ring (bicyclic) bond motifs is 3. The Morgan fingerprint density at radius 3 is 2.60 bits per heavy atom. The van der Waals surface area contributed by atoms with Gasteiger partial charge >= 0.3 is 0 Å². The molecule has 0 unspecified atom stereocenters. The number of carbonyl (C=O) groups excluding carboxylic acids is 1. The van der Waals surface area contributed by atoms with Crippen molar-refractivity contribution in [3.05, 3.63) is 29.0 Å². The zero-order chi connectivity index (χ0) is 17.6. The number of benzene rings is 1. The van der Waals surface area contributed by atoms with Gasteiger partial charge in [0.15, 0.2) is 0 Å². The maximum Gasteiger partial charge on any atom is 0.224 e. The Kier molecular flexibility index (Phi) is 4.13. The summed E-state index contributed by atoms with van der Waals surface area (Å²) >= 11 is 0. The van der Waals surface area contributed by atoms with E-state index in [1.165, 1.54) is 55.0 Å². The highest BCUT2D eigenvalue weighted by molar-refractivity contribution is 5.97. The molecule has 1 amide bonds. The summed E-state index contributed by atoms with van der Waals surface area (Å²) in [6.07, 6.45) is 9.38. The van der Waals surface area contributed by atoms with Crippen molar-refractivity contribution < 1.29 is 4.79 Å². The number of aryl methyl sites for hydroxylation is 3. The lowest BCUT2D eigenvalue weighted by Crippen LogP contribution is -2.19. The van der Waals surface area contributed by atoms with E-state index in [1.54, 1.807) is 11.3 Å². The van der Waals surface area contributed by atoms with E-state index in [9.17, 15) is 4.79 Å². The maximum atomic E-state index is 12.4. The summed E-state index contributed by atoms with van der Waals surface area (Å²) in [5, 5.41) is 4.57. The van der Waals surface area contributed by atoms with E-state index in [0.717, 1.165) is 18.7 Å². The van der Waals surface area contributed by atoms with Gasteiger partial charge in [0.05, 0.1) is 5.52 Å². The smallest absolute Gasteiger partial charge is 0.224 e. The SMILES string of the molecule is CC(C)(C)CC(=O)Nc1cc2c3c(c1)c1c(n3CC2)CCCCCC1. The topological polar surface area (TPSA) is 34.0 Å². The summed E-state index contributed by atoms with van der Waals surface area (Å²) in [5.41, 5.74) is 7.00. The molecule has 0 saturated carbocycles. The lowest BCUT2D eigenvalue weighted by atomic mass is 9.92. The highest BCUT2D eigenvalue weighted by Crippen LogP contribution is 2.38. The number of hydrogen-bond acceptors (Lipinski definition) is 1. The summed E-state index contributed by atoms with van der Waals surface area (Å²) in [7, 11) is 0. The van der Waals surface area contributed by atoms with Crippen LogP contribution in [-0.4, -0.2) is 10.5 Å². The molecule has 1 aromatic heterocycles. The molecule has 3 nitrogen and oxygen atoms in total. The molecule has 0 fully saturated rings. The van der Waals surface area contributed by atoms with Crippen molar-refractivity contribution in [2.24, 2.45) is 5.41 Å². The maximum absolute atomic E-state index is 12.4. The highest BCUT2D eigenvalue weighted by atomic mass is 16.1. The van der Waals surface area contributed by atoms with Gasteiger partial charge < -0.3 is 9.88 Å². The number of nitrogens with one attached hydrogen (secondary N) is 1. The molecule has 1 aliphatic carbocycles. The van der Waals surface area contributed by atoms with Gasteiger partial charge in [-0.05, 0) is 60.8 Å². The second-order valence-corrected chi connectivity index (χ2v) is 9.06. The van der Waals surface area contributed by atoms with Crippen LogP contribution >= 0.6 is 0 Å². The number of aromatic nitrogens is 1. The van der Waals surface area contributed by atoms with Crippen molar-refractivity contribution in [3.8, 4) is 0 Å². The predicted octanol–water partition coefficient (Wildman–Crippen LogP) is 5.23. The van der Waals surface area contributed by atoms with Crippen LogP contribution in [0.4, 0.5) is 5.69 Å². The molecule has 0 atom stereocenters. The number of nitrogens with zero attached hydrogens (tertiary/aromatic N) is 1. The van der Waals surface area contributed by atoms with Crippen LogP contribution in [-0.2, 0) is 30.6 Å². The van der Waals surface area contributed by atoms with E-state index in [0.29, 0.717) is 6.42 Å². The fourth-order valence-electron chi connectivity index (χ4n) is 4.64. The fraction of sp³-hybridized carbons (Fsp3) is 0.591. The minimum Gasteiger partial charge on any atom is -0.344 e. The van der Waals surface area contributed by atoms with Crippen LogP contribution in [0.15, 0.2) is 12.1 Å². The molecule has 1 N–H and O–H groups in total. The molecule has 2 heterocycles. The van der Waals surface area contributed by atoms with E-state index in [1.807, 2.05) is 0 Å². The highest BCUT2D eigenvalue weighted by Gasteiger charge is 2.25. The van der Waals surface area contributed by atoms with E-state index < -0.39 is 0 Å². The monoisotopic (exact) mass is 338 g/mol. The van der Waals surface area contributed by atoms with Gasteiger partial charge in [0.1, 0.15) is 0 Å². The Morgan fingerprint density at radius 1 is 1.08 bits per heavy atom. The Hall–Kier alpha value is -1.77. The molecule has 0 radical (unpaired) electrons. The zero-order valence-electron chi connectivity index (χ0n) is 15.9. The largest absolute Gasteiger partial charge is 0.344 e. The van der Waals surface area contributed by atoms with Crippen LogP contribution in [0.5, 0.6) is 0 Å². The average molecular weight is 338 g/mol. The first-order chi connectivity index (χ1) is 11.9. The number of rotatable bonds is 2. The van der Waals surface area contributed by atoms with Gasteiger partial charge in [-0.1, -0.05) is 33.6 Å². The quantitative estimate of drug-likeness (QED) is 0.799. The van der Waals surface area contributed by atoms with Crippen LogP contribution in [0, 0.1) is 5.41 Å². The average Bonchev–Trinajstić information content (AvgIpc) is 2.99. The van der Waals surface area contributed by atoms with Crippen molar-refractivity contribution in [2.45, 2.75) is 78.7 Å². The summed E-state index contributed by atoms with van der Waals surface area (Å²) in [6, 6.07) is 4.45. The van der Waals surface area contributed by atoms with Crippen LogP contribution < -0.4 is 5.32 Å². The van der Waals surface area contributed by atoms with Gasteiger partial charge in [-0.2, -0.15) is 0 Å². The second-order valence-electron chi connectivity index (χ2n) is 9.06. The Bertz CT molecular complexity index is 823. The third-order valence-electron chi connectivity index (χ3n) is 5.63. The zero-order valence-corrected chi connectivity index (χ0v) is 15.9. The van der Waals surface area contributed by atoms with Crippen molar-refractivity contribution in [1.82, 2.24) is 4.57 Å². The number of anilines is 1. The van der Waals surface area contributed by atoms with Crippen LogP contribution in [0.25, 0.3) is 10.9 Å². The van der Waals surface area contributed by atoms with E-state index >= 15 is 0 Å². The van der Waals surface area contributed by atoms with Crippen LogP contribution in [0.2, 0.25) is 0 Å². The number of hydrogen-bond donors (Lipinski definition) is 1. The van der Waals surface area contributed by atoms with Crippen molar-refractivity contribution in [1.29, 1.82) is 0 Å². The van der Waals surface area contributed by atoms with Crippen molar-refractivity contribution in [3.63, 3.8) is 0 Å². The molecule has 1 aromatic carbocycles. The first kappa shape index (κ1) is 16.7. The molecule has 134 valence electrons. The fourth-order valence-corrected chi connectivity index (χ4v) is 4.64. The van der Waals surface area contributed by atoms with Gasteiger partial charge in [0.25, 0.3) is 0 Å². The summed E-state index contributed by atoms with van der Waals surface area (Å²) in [6.45, 7) is 7.44. The number of carbonyl (C=O) groups is 1. The lowest BCUT2D eigenvalue weighted by molar-refractivity contribution is -0.117. The summed E-state index contributed by atoms with van der Waals surface area (Å²) < 4.78 is 2.58. The third kappa shape index (κ3) is 3.21. The Morgan fingerprint density at radius 2 is 1.84 bits per heavy atom. The molecule has 0 saturated heterocycles.